The van der Waals surface area contributed by atoms with Gasteiger partial charge in [0, 0.05) is 33.8 Å². The Morgan fingerprint density at radius 3 is 1.73 bits per heavy atom. The minimum Gasteiger partial charge on any atom is -0.507 e. The molecule has 6 N–H and O–H groups in total. The average molecular weight is 734 g/mol. The summed E-state index contributed by atoms with van der Waals surface area (Å²) in [5.41, 5.74) is 9.23. The molecule has 252 valence electrons. The molecule has 0 aromatic heterocycles. The second kappa shape index (κ2) is 14.7. The first-order valence-corrected chi connectivity index (χ1v) is 17.4. The zero-order valence-corrected chi connectivity index (χ0v) is 30.5. The fourth-order valence-corrected chi connectivity index (χ4v) is 6.21. The topological polar surface area (TPSA) is 234 Å². The van der Waals surface area contributed by atoms with Crippen LogP contribution in [0.15, 0.2) is 133 Å². The molecule has 51 heavy (non-hydrogen) atoms. The molecule has 0 bridgehead atoms. The molecular formula is C34H26N6NaO8S2+. The standard InChI is InChI=1S/C34H26N6O8S2.Na/c1-19-14-23(36-34(42)20-6-8-22(35)9-7-20)10-11-28(19)37-38-29-12-13-30(27-5-3-2-4-26(27)29)39-40-31-17-24(49(43,44)45)15-21-16-25(50(46,47)48)18-32(41)33(21)31;/h2-18,41H,35H2,1H3,(H,36,42)(H,43,44,45)(H,46,47,48);/q;+1. The molecule has 0 saturated carbocycles. The number of aromatic hydroxyl groups is 1. The van der Waals surface area contributed by atoms with Crippen molar-refractivity contribution in [1.29, 1.82) is 0 Å². The van der Waals surface area contributed by atoms with E-state index in [-0.39, 0.29) is 51.9 Å². The number of aryl methyl sites for hydroxylation is 1. The van der Waals surface area contributed by atoms with E-state index in [1.54, 1.807) is 78.9 Å². The van der Waals surface area contributed by atoms with E-state index in [1.165, 1.54) is 0 Å². The van der Waals surface area contributed by atoms with Crippen LogP contribution in [-0.2, 0) is 20.2 Å². The Morgan fingerprint density at radius 2 is 1.18 bits per heavy atom. The predicted molar refractivity (Wildman–Crippen MR) is 188 cm³/mol. The molecule has 0 atom stereocenters. The summed E-state index contributed by atoms with van der Waals surface area (Å²) < 4.78 is 66.6. The van der Waals surface area contributed by atoms with Crippen molar-refractivity contribution in [3.63, 3.8) is 0 Å². The van der Waals surface area contributed by atoms with Gasteiger partial charge in [-0.15, -0.1) is 15.3 Å². The van der Waals surface area contributed by atoms with Crippen LogP contribution < -0.4 is 40.6 Å². The first kappa shape index (κ1) is 37.2. The van der Waals surface area contributed by atoms with Gasteiger partial charge in [-0.05, 0) is 90.7 Å². The summed E-state index contributed by atoms with van der Waals surface area (Å²) in [4.78, 5) is 11.3. The molecule has 0 heterocycles. The Labute approximate surface area is 313 Å². The van der Waals surface area contributed by atoms with Crippen LogP contribution in [0.3, 0.4) is 0 Å². The van der Waals surface area contributed by atoms with Crippen LogP contribution in [0, 0.1) is 6.92 Å². The number of nitrogens with zero attached hydrogens (tertiary/aromatic N) is 4. The molecular weight excluding hydrogens is 708 g/mol. The van der Waals surface area contributed by atoms with Gasteiger partial charge in [-0.25, -0.2) is 0 Å². The number of rotatable bonds is 8. The number of fused-ring (bicyclic) bond motifs is 2. The van der Waals surface area contributed by atoms with Crippen LogP contribution in [0.4, 0.5) is 34.1 Å². The Morgan fingerprint density at radius 1 is 0.667 bits per heavy atom. The SMILES string of the molecule is Cc1cc(NC(=O)c2ccc(N)cc2)ccc1N=Nc1ccc(N=Nc2cc(S(=O)(=O)O)cc3cc(S(=O)(=O)O)cc(O)c23)c2ccccc12.[Na+]. The van der Waals surface area contributed by atoms with Gasteiger partial charge in [-0.2, -0.15) is 21.9 Å². The van der Waals surface area contributed by atoms with E-state index in [2.05, 4.69) is 25.8 Å². The van der Waals surface area contributed by atoms with Crippen molar-refractivity contribution in [3.8, 4) is 5.75 Å². The summed E-state index contributed by atoms with van der Waals surface area (Å²) in [6.07, 6.45) is 0. The number of phenolic OH excluding ortho intramolecular Hbond substituents is 1. The summed E-state index contributed by atoms with van der Waals surface area (Å²) in [6.45, 7) is 1.83. The smallest absolute Gasteiger partial charge is 0.507 e. The minimum atomic E-state index is -4.79. The van der Waals surface area contributed by atoms with Crippen LogP contribution in [0.1, 0.15) is 15.9 Å². The van der Waals surface area contributed by atoms with Crippen molar-refractivity contribution in [2.75, 3.05) is 11.1 Å². The monoisotopic (exact) mass is 733 g/mol. The second-order valence-electron chi connectivity index (χ2n) is 11.1. The molecule has 0 aliphatic heterocycles. The molecule has 0 spiro atoms. The molecule has 6 rings (SSSR count). The number of azo groups is 2. The molecule has 14 nitrogen and oxygen atoms in total. The largest absolute Gasteiger partial charge is 1.00 e. The van der Waals surface area contributed by atoms with Crippen molar-refractivity contribution in [1.82, 2.24) is 0 Å². The molecule has 0 radical (unpaired) electrons. The first-order chi connectivity index (χ1) is 23.7. The van der Waals surface area contributed by atoms with Crippen LogP contribution in [0.25, 0.3) is 21.5 Å². The van der Waals surface area contributed by atoms with E-state index < -0.39 is 35.8 Å². The normalized spacial score (nSPS) is 12.1. The quantitative estimate of drug-likeness (QED) is 0.0600. The van der Waals surface area contributed by atoms with Gasteiger partial charge in [0.1, 0.15) is 5.75 Å². The Kier molecular flexibility index (Phi) is 10.7. The van der Waals surface area contributed by atoms with E-state index >= 15 is 0 Å². The van der Waals surface area contributed by atoms with E-state index in [9.17, 15) is 35.8 Å². The number of hydrogen-bond acceptors (Lipinski definition) is 11. The predicted octanol–water partition coefficient (Wildman–Crippen LogP) is 5.17. The molecule has 1 amide bonds. The van der Waals surface area contributed by atoms with E-state index in [0.29, 0.717) is 44.8 Å². The third-order valence-electron chi connectivity index (χ3n) is 7.59. The molecule has 0 aliphatic carbocycles. The number of amides is 1. The van der Waals surface area contributed by atoms with Gasteiger partial charge in [-0.1, -0.05) is 24.3 Å². The number of carbonyl (C=O) groups excluding carboxylic acids is 1. The van der Waals surface area contributed by atoms with Crippen molar-refractivity contribution in [2.45, 2.75) is 16.7 Å². The van der Waals surface area contributed by atoms with Crippen LogP contribution in [0.5, 0.6) is 5.75 Å². The number of nitrogen functional groups attached to an aromatic ring is 1. The zero-order valence-electron chi connectivity index (χ0n) is 26.9. The van der Waals surface area contributed by atoms with Gasteiger partial charge in [0.2, 0.25) is 0 Å². The van der Waals surface area contributed by atoms with Gasteiger partial charge in [0.15, 0.2) is 0 Å². The minimum absolute atomic E-state index is 0. The molecule has 0 aliphatic rings. The Hall–Kier alpha value is -5.07. The van der Waals surface area contributed by atoms with Crippen molar-refractivity contribution in [3.05, 3.63) is 114 Å². The van der Waals surface area contributed by atoms with Gasteiger partial charge >= 0.3 is 29.6 Å². The summed E-state index contributed by atoms with van der Waals surface area (Å²) >= 11 is 0. The fraction of sp³-hybridized carbons (Fsp3) is 0.0294. The van der Waals surface area contributed by atoms with Gasteiger partial charge in [-0.3, -0.25) is 13.9 Å². The maximum Gasteiger partial charge on any atom is 1.00 e. The van der Waals surface area contributed by atoms with E-state index in [1.807, 2.05) is 6.92 Å². The van der Waals surface area contributed by atoms with E-state index in [4.69, 9.17) is 5.73 Å². The molecule has 0 saturated heterocycles. The number of nitrogens with two attached hydrogens (primary N) is 1. The van der Waals surface area contributed by atoms with Gasteiger partial charge in [0.25, 0.3) is 26.1 Å². The summed E-state index contributed by atoms with van der Waals surface area (Å²) in [5.74, 6) is -0.913. The first-order valence-electron chi connectivity index (χ1n) is 14.6. The second-order valence-corrected chi connectivity index (χ2v) is 13.9. The van der Waals surface area contributed by atoms with Gasteiger partial charge in [0.05, 0.1) is 37.9 Å². The number of benzene rings is 6. The Bertz CT molecular complexity index is 2630. The molecule has 0 unspecified atom stereocenters. The molecule has 17 heteroatoms. The van der Waals surface area contributed by atoms with Crippen LogP contribution >= 0.6 is 0 Å². The maximum absolute atomic E-state index is 12.6. The van der Waals surface area contributed by atoms with E-state index in [0.717, 1.165) is 29.8 Å². The third kappa shape index (κ3) is 8.29. The van der Waals surface area contributed by atoms with Crippen molar-refractivity contribution >= 4 is 81.8 Å². The fourth-order valence-electron chi connectivity index (χ4n) is 5.13. The third-order valence-corrected chi connectivity index (χ3v) is 9.25. The Balaban J connectivity index is 0.00000504. The summed E-state index contributed by atoms with van der Waals surface area (Å²) in [5, 5.41) is 31.8. The number of phenols is 1. The van der Waals surface area contributed by atoms with Crippen molar-refractivity contribution in [2.24, 2.45) is 20.5 Å². The summed E-state index contributed by atoms with van der Waals surface area (Å²) in [6, 6.07) is 25.7. The summed E-state index contributed by atoms with van der Waals surface area (Å²) in [7, 11) is -9.56. The number of carbonyl (C=O) groups is 1. The van der Waals surface area contributed by atoms with Gasteiger partial charge < -0.3 is 16.2 Å². The van der Waals surface area contributed by atoms with Crippen LogP contribution in [0.2, 0.25) is 0 Å². The van der Waals surface area contributed by atoms with Crippen molar-refractivity contribution < 1.29 is 65.4 Å². The number of hydrogen-bond donors (Lipinski definition) is 5. The molecule has 6 aromatic rings. The zero-order chi connectivity index (χ0) is 35.8. The molecule has 6 aromatic carbocycles. The number of anilines is 2. The molecule has 0 fully saturated rings. The average Bonchev–Trinajstić information content (AvgIpc) is 3.06. The van der Waals surface area contributed by atoms with Crippen LogP contribution in [-0.4, -0.2) is 37.0 Å². The maximum atomic E-state index is 12.6. The number of nitrogens with one attached hydrogen (secondary N) is 1.